The van der Waals surface area contributed by atoms with Crippen LogP contribution in [0.15, 0.2) is 52.9 Å². The number of rotatable bonds is 3. The molecule has 0 saturated heterocycles. The van der Waals surface area contributed by atoms with Crippen LogP contribution in [0, 0.1) is 6.92 Å². The topological polar surface area (TPSA) is 22.4 Å². The number of furan rings is 1. The Bertz CT molecular complexity index is 698. The molecular weight excluding hydrogens is 260 g/mol. The highest BCUT2D eigenvalue weighted by Gasteiger charge is 2.04. The van der Waals surface area contributed by atoms with Gasteiger partial charge in [-0.05, 0) is 48.9 Å². The van der Waals surface area contributed by atoms with E-state index in [9.17, 15) is 0 Å². The second-order valence-electron chi connectivity index (χ2n) is 4.50. The molecular formula is C16H13ClO2. The fourth-order valence-electron chi connectivity index (χ4n) is 1.95. The summed E-state index contributed by atoms with van der Waals surface area (Å²) in [6, 6.07) is 15.5. The summed E-state index contributed by atoms with van der Waals surface area (Å²) < 4.78 is 11.4. The van der Waals surface area contributed by atoms with Crippen LogP contribution >= 0.6 is 11.6 Å². The molecule has 96 valence electrons. The van der Waals surface area contributed by atoms with E-state index in [2.05, 4.69) is 12.1 Å². The highest BCUT2D eigenvalue weighted by atomic mass is 35.5. The molecule has 0 radical (unpaired) electrons. The van der Waals surface area contributed by atoms with Crippen molar-refractivity contribution in [1.29, 1.82) is 0 Å². The summed E-state index contributed by atoms with van der Waals surface area (Å²) in [6.07, 6.45) is 0. The van der Waals surface area contributed by atoms with Crippen LogP contribution in [-0.4, -0.2) is 0 Å². The van der Waals surface area contributed by atoms with Crippen molar-refractivity contribution in [3.8, 4) is 5.75 Å². The van der Waals surface area contributed by atoms with Crippen LogP contribution in [-0.2, 0) is 6.61 Å². The molecule has 3 heteroatoms. The molecule has 0 aliphatic heterocycles. The lowest BCUT2D eigenvalue weighted by Gasteiger charge is -2.03. The van der Waals surface area contributed by atoms with Crippen LogP contribution in [0.3, 0.4) is 0 Å². The van der Waals surface area contributed by atoms with Crippen LogP contribution in [0.5, 0.6) is 5.75 Å². The van der Waals surface area contributed by atoms with E-state index in [0.29, 0.717) is 11.6 Å². The average Bonchev–Trinajstić information content (AvgIpc) is 2.80. The molecule has 0 saturated carbocycles. The molecule has 0 aliphatic carbocycles. The van der Waals surface area contributed by atoms with E-state index in [1.807, 2.05) is 31.2 Å². The quantitative estimate of drug-likeness (QED) is 0.671. The van der Waals surface area contributed by atoms with E-state index in [0.717, 1.165) is 22.5 Å². The van der Waals surface area contributed by atoms with Gasteiger partial charge in [0.05, 0.1) is 0 Å². The van der Waals surface area contributed by atoms with Crippen molar-refractivity contribution >= 4 is 22.6 Å². The van der Waals surface area contributed by atoms with Crippen LogP contribution in [0.4, 0.5) is 0 Å². The molecule has 19 heavy (non-hydrogen) atoms. The number of ether oxygens (including phenoxy) is 1. The Hall–Kier alpha value is -1.93. The smallest absolute Gasteiger partial charge is 0.146 e. The monoisotopic (exact) mass is 272 g/mol. The Morgan fingerprint density at radius 3 is 2.63 bits per heavy atom. The van der Waals surface area contributed by atoms with Gasteiger partial charge in [0.1, 0.15) is 23.7 Å². The average molecular weight is 273 g/mol. The zero-order valence-corrected chi connectivity index (χ0v) is 11.3. The van der Waals surface area contributed by atoms with Gasteiger partial charge in [0.25, 0.3) is 0 Å². The first-order chi connectivity index (χ1) is 9.20. The molecule has 3 aromatic rings. The van der Waals surface area contributed by atoms with Crippen molar-refractivity contribution in [2.24, 2.45) is 0 Å². The van der Waals surface area contributed by atoms with E-state index >= 15 is 0 Å². The number of hydrogen-bond donors (Lipinski definition) is 0. The molecule has 0 unspecified atom stereocenters. The summed E-state index contributed by atoms with van der Waals surface area (Å²) in [4.78, 5) is 0. The second kappa shape index (κ2) is 4.98. The zero-order chi connectivity index (χ0) is 13.2. The number of fused-ring (bicyclic) bond motifs is 1. The Morgan fingerprint density at radius 1 is 1.05 bits per heavy atom. The Kier molecular flexibility index (Phi) is 3.18. The number of hydrogen-bond acceptors (Lipinski definition) is 2. The minimum Gasteiger partial charge on any atom is -0.486 e. The SMILES string of the molecule is Cc1ccc2cc(COc3ccc(Cl)cc3)oc2c1. The normalized spacial score (nSPS) is 10.8. The largest absolute Gasteiger partial charge is 0.486 e. The van der Waals surface area contributed by atoms with Gasteiger partial charge in [-0.2, -0.15) is 0 Å². The van der Waals surface area contributed by atoms with Gasteiger partial charge in [-0.1, -0.05) is 23.7 Å². The fraction of sp³-hybridized carbons (Fsp3) is 0.125. The summed E-state index contributed by atoms with van der Waals surface area (Å²) in [5.41, 5.74) is 2.08. The van der Waals surface area contributed by atoms with Crippen molar-refractivity contribution in [3.05, 3.63) is 64.9 Å². The summed E-state index contributed by atoms with van der Waals surface area (Å²) in [7, 11) is 0. The molecule has 0 fully saturated rings. The van der Waals surface area contributed by atoms with E-state index in [4.69, 9.17) is 20.8 Å². The number of aryl methyl sites for hydroxylation is 1. The zero-order valence-electron chi connectivity index (χ0n) is 10.5. The van der Waals surface area contributed by atoms with Crippen molar-refractivity contribution < 1.29 is 9.15 Å². The van der Waals surface area contributed by atoms with Gasteiger partial charge in [0.15, 0.2) is 0 Å². The van der Waals surface area contributed by atoms with E-state index in [1.165, 1.54) is 5.56 Å². The van der Waals surface area contributed by atoms with Gasteiger partial charge in [0.2, 0.25) is 0 Å². The molecule has 1 heterocycles. The van der Waals surface area contributed by atoms with Gasteiger partial charge in [-0.15, -0.1) is 0 Å². The lowest BCUT2D eigenvalue weighted by atomic mass is 10.2. The first kappa shape index (κ1) is 12.1. The first-order valence-corrected chi connectivity index (χ1v) is 6.46. The third-order valence-corrected chi connectivity index (χ3v) is 3.17. The van der Waals surface area contributed by atoms with Crippen LogP contribution in [0.2, 0.25) is 5.02 Å². The fourth-order valence-corrected chi connectivity index (χ4v) is 2.08. The van der Waals surface area contributed by atoms with E-state index < -0.39 is 0 Å². The molecule has 0 amide bonds. The van der Waals surface area contributed by atoms with E-state index in [-0.39, 0.29) is 0 Å². The molecule has 1 aromatic heterocycles. The van der Waals surface area contributed by atoms with Gasteiger partial charge in [-0.3, -0.25) is 0 Å². The molecule has 0 atom stereocenters. The Labute approximate surface area is 116 Å². The van der Waals surface area contributed by atoms with E-state index in [1.54, 1.807) is 12.1 Å². The first-order valence-electron chi connectivity index (χ1n) is 6.08. The third-order valence-electron chi connectivity index (χ3n) is 2.92. The molecule has 0 aliphatic rings. The highest BCUT2D eigenvalue weighted by Crippen LogP contribution is 2.22. The molecule has 0 bridgehead atoms. The van der Waals surface area contributed by atoms with Gasteiger partial charge >= 0.3 is 0 Å². The maximum atomic E-state index is 5.82. The lowest BCUT2D eigenvalue weighted by Crippen LogP contribution is -1.92. The maximum Gasteiger partial charge on any atom is 0.146 e. The molecule has 0 N–H and O–H groups in total. The van der Waals surface area contributed by atoms with Crippen molar-refractivity contribution in [3.63, 3.8) is 0 Å². The highest BCUT2D eigenvalue weighted by molar-refractivity contribution is 6.30. The summed E-state index contributed by atoms with van der Waals surface area (Å²) in [6.45, 7) is 2.46. The summed E-state index contributed by atoms with van der Waals surface area (Å²) >= 11 is 5.82. The molecule has 3 rings (SSSR count). The van der Waals surface area contributed by atoms with Crippen LogP contribution in [0.1, 0.15) is 11.3 Å². The standard InChI is InChI=1S/C16H13ClO2/c1-11-2-3-12-9-15(19-16(12)8-11)10-18-14-6-4-13(17)5-7-14/h2-9H,10H2,1H3. The number of benzene rings is 2. The van der Waals surface area contributed by atoms with Crippen molar-refractivity contribution in [2.45, 2.75) is 13.5 Å². The predicted octanol–water partition coefficient (Wildman–Crippen LogP) is 4.97. The maximum absolute atomic E-state index is 5.82. The minimum absolute atomic E-state index is 0.412. The van der Waals surface area contributed by atoms with Gasteiger partial charge in [-0.25, -0.2) is 0 Å². The van der Waals surface area contributed by atoms with Crippen molar-refractivity contribution in [1.82, 2.24) is 0 Å². The van der Waals surface area contributed by atoms with Gasteiger partial charge < -0.3 is 9.15 Å². The Balaban J connectivity index is 1.76. The Morgan fingerprint density at radius 2 is 1.84 bits per heavy atom. The minimum atomic E-state index is 0.412. The summed E-state index contributed by atoms with van der Waals surface area (Å²) in [5, 5.41) is 1.80. The van der Waals surface area contributed by atoms with Crippen LogP contribution < -0.4 is 4.74 Å². The van der Waals surface area contributed by atoms with Gasteiger partial charge in [0, 0.05) is 10.4 Å². The molecule has 0 spiro atoms. The number of halogens is 1. The lowest BCUT2D eigenvalue weighted by molar-refractivity contribution is 0.274. The van der Waals surface area contributed by atoms with Crippen molar-refractivity contribution in [2.75, 3.05) is 0 Å². The van der Waals surface area contributed by atoms with Crippen LogP contribution in [0.25, 0.3) is 11.0 Å². The second-order valence-corrected chi connectivity index (χ2v) is 4.93. The molecule has 2 aromatic carbocycles. The predicted molar refractivity (Wildman–Crippen MR) is 76.7 cm³/mol. The third kappa shape index (κ3) is 2.74. The molecule has 2 nitrogen and oxygen atoms in total. The summed E-state index contributed by atoms with van der Waals surface area (Å²) in [5.74, 6) is 1.59.